The van der Waals surface area contributed by atoms with Crippen molar-refractivity contribution in [3.8, 4) is 56.6 Å². The van der Waals surface area contributed by atoms with Gasteiger partial charge in [-0.1, -0.05) is 196 Å². The van der Waals surface area contributed by atoms with E-state index in [4.69, 9.17) is 17.9 Å². The Hall–Kier alpha value is -9.00. The molecule has 0 spiro atoms. The number of para-hydroxylation sites is 5. The quantitative estimate of drug-likeness (QED) is 0.107. The van der Waals surface area contributed by atoms with Gasteiger partial charge in [0.1, 0.15) is 17.3 Å². The standard InChI is InChI=1S/C73H65N5O/c1-71(2,3)46-48-37-38-74-69(39-48)78-65-36-33-54(77-63-29-15-13-25-59(63)60-26-14-16-30-64(60)77)44-62(65)61-35-34-56(45-68(61)78)79-55-24-19-23-53(43-55)75-47-76(67-32-18-17-31-66(67)75)70-57(49-21-11-10-12-22-49)27-20-28-58(70)50-40-51(72(4,5)6)42-52(41-50)73(7,8)9/h10-45H,46H2,1-9H3/i13D,14D,15D,16D,25D,26D,29D,30D. The van der Waals surface area contributed by atoms with Crippen LogP contribution in [-0.2, 0) is 17.3 Å². The number of ether oxygens (including phenoxy) is 1. The SMILES string of the molecule is [2H]c1c([2H])c([2H])c2c(c1[2H])c1c([2H])c([2H])c([2H])c([2H])c1n2-c1ccc2c(c1)c1ccc(Oc3cccc(-n4[c-][n+](-c5c(-c6ccccc6)cccc5-c5cc(C(C)(C)C)cc(C(C)(C)C)c5)c5ccccc54)c3)cc1n2-c1cc(CC(C)(C)C)ccn1. The van der Waals surface area contributed by atoms with Crippen LogP contribution in [-0.4, -0.2) is 18.7 Å². The molecule has 0 radical (unpaired) electrons. The maximum absolute atomic E-state index is 9.20. The van der Waals surface area contributed by atoms with Gasteiger partial charge in [-0.15, -0.1) is 0 Å². The average molecular weight is 1040 g/mol. The monoisotopic (exact) mass is 1040 g/mol. The Bertz CT molecular complexity index is 4870. The van der Waals surface area contributed by atoms with E-state index in [0.717, 1.165) is 78.5 Å². The molecule has 0 bridgehead atoms. The van der Waals surface area contributed by atoms with Gasteiger partial charge in [-0.25, -0.2) is 4.98 Å². The van der Waals surface area contributed by atoms with Crippen LogP contribution in [0.15, 0.2) is 218 Å². The van der Waals surface area contributed by atoms with E-state index in [-0.39, 0.29) is 62.2 Å². The molecule has 0 saturated heterocycles. The maximum Gasteiger partial charge on any atom is 0.269 e. The smallest absolute Gasteiger partial charge is 0.269 e. The number of aromatic nitrogens is 5. The van der Waals surface area contributed by atoms with Crippen molar-refractivity contribution >= 4 is 54.6 Å². The van der Waals surface area contributed by atoms with Gasteiger partial charge in [0.15, 0.2) is 0 Å². The summed E-state index contributed by atoms with van der Waals surface area (Å²) < 4.78 is 86.0. The average Bonchev–Trinajstić information content (AvgIpc) is 1.59. The predicted molar refractivity (Wildman–Crippen MR) is 328 cm³/mol. The second-order valence-electron chi connectivity index (χ2n) is 24.0. The summed E-state index contributed by atoms with van der Waals surface area (Å²) in [4.78, 5) is 4.96. The molecule has 4 heterocycles. The minimum Gasteiger partial charge on any atom is -0.458 e. The predicted octanol–water partition coefficient (Wildman–Crippen LogP) is 18.6. The Balaban J connectivity index is 0.967. The molecule has 0 fully saturated rings. The molecule has 0 aliphatic heterocycles. The molecular formula is C73H65N5O. The minimum absolute atomic E-state index is 0.00756. The summed E-state index contributed by atoms with van der Waals surface area (Å²) in [7, 11) is 0. The molecule has 13 aromatic rings. The fourth-order valence-corrected chi connectivity index (χ4v) is 11.2. The number of hydrogen-bond acceptors (Lipinski definition) is 2. The number of imidazole rings is 1. The summed E-state index contributed by atoms with van der Waals surface area (Å²) in [6.07, 6.45) is 6.48. The normalized spacial score (nSPS) is 13.8. The molecule has 0 aliphatic rings. The number of hydrogen-bond donors (Lipinski definition) is 0. The first kappa shape index (κ1) is 41.1. The highest BCUT2D eigenvalue weighted by atomic mass is 16.5. The van der Waals surface area contributed by atoms with Crippen LogP contribution in [0, 0.1) is 11.7 Å². The van der Waals surface area contributed by atoms with Crippen molar-refractivity contribution in [2.75, 3.05) is 0 Å². The van der Waals surface area contributed by atoms with E-state index in [2.05, 4.69) is 185 Å². The summed E-state index contributed by atoms with van der Waals surface area (Å²) in [5.74, 6) is 1.84. The zero-order chi connectivity index (χ0) is 61.3. The zero-order valence-electron chi connectivity index (χ0n) is 54.0. The molecule has 0 N–H and O–H groups in total. The highest BCUT2D eigenvalue weighted by molar-refractivity contribution is 6.12. The molecule has 0 unspecified atom stereocenters. The molecule has 9 aromatic carbocycles. The van der Waals surface area contributed by atoms with Crippen LogP contribution in [0.3, 0.4) is 0 Å². The molecule has 0 atom stereocenters. The molecule has 0 aliphatic carbocycles. The summed E-state index contributed by atoms with van der Waals surface area (Å²) in [6.45, 7) is 20.3. The lowest BCUT2D eigenvalue weighted by molar-refractivity contribution is -0.571. The van der Waals surface area contributed by atoms with Crippen molar-refractivity contribution in [3.05, 3.63) is 241 Å². The summed E-state index contributed by atoms with van der Waals surface area (Å²) in [6, 6.07) is 53.0. The lowest BCUT2D eigenvalue weighted by Crippen LogP contribution is -2.31. The molecule has 0 amide bonds. The summed E-state index contributed by atoms with van der Waals surface area (Å²) >= 11 is 0. The lowest BCUT2D eigenvalue weighted by atomic mass is 9.78. The Kier molecular flexibility index (Phi) is 9.83. The third-order valence-electron chi connectivity index (χ3n) is 15.0. The van der Waals surface area contributed by atoms with E-state index in [0.29, 0.717) is 23.0 Å². The van der Waals surface area contributed by atoms with Crippen LogP contribution < -0.4 is 9.30 Å². The van der Waals surface area contributed by atoms with Gasteiger partial charge in [-0.05, 0) is 134 Å². The molecule has 0 saturated carbocycles. The highest BCUT2D eigenvalue weighted by Gasteiger charge is 2.26. The first-order chi connectivity index (χ1) is 41.4. The third kappa shape index (κ3) is 9.05. The first-order valence-corrected chi connectivity index (χ1v) is 27.0. The van der Waals surface area contributed by atoms with Gasteiger partial charge >= 0.3 is 0 Å². The van der Waals surface area contributed by atoms with Gasteiger partial charge in [0.05, 0.1) is 55.4 Å². The Morgan fingerprint density at radius 1 is 0.494 bits per heavy atom. The van der Waals surface area contributed by atoms with E-state index in [1.807, 2.05) is 66.9 Å². The Morgan fingerprint density at radius 2 is 1.15 bits per heavy atom. The largest absolute Gasteiger partial charge is 0.458 e. The Labute approximate surface area is 474 Å². The van der Waals surface area contributed by atoms with Crippen LogP contribution in [0.5, 0.6) is 11.5 Å². The molecule has 79 heavy (non-hydrogen) atoms. The second kappa shape index (κ2) is 18.9. The van der Waals surface area contributed by atoms with Crippen LogP contribution >= 0.6 is 0 Å². The fraction of sp³-hybridized carbons (Fsp3) is 0.178. The summed E-state index contributed by atoms with van der Waals surface area (Å²) in [5, 5.41) is 1.64. The van der Waals surface area contributed by atoms with Crippen molar-refractivity contribution in [1.29, 1.82) is 0 Å². The Morgan fingerprint density at radius 3 is 1.86 bits per heavy atom. The van der Waals surface area contributed by atoms with Gasteiger partial charge in [-0.2, -0.15) is 0 Å². The maximum atomic E-state index is 9.20. The minimum atomic E-state index is -0.490. The number of nitrogens with zero attached hydrogens (tertiary/aromatic N) is 5. The number of pyridine rings is 1. The fourth-order valence-electron chi connectivity index (χ4n) is 11.2. The molecule has 388 valence electrons. The number of benzene rings is 9. The van der Waals surface area contributed by atoms with Gasteiger partial charge in [0, 0.05) is 39.5 Å². The van der Waals surface area contributed by atoms with E-state index in [9.17, 15) is 2.74 Å². The van der Waals surface area contributed by atoms with Crippen LogP contribution in [0.4, 0.5) is 0 Å². The van der Waals surface area contributed by atoms with Crippen molar-refractivity contribution in [2.45, 2.75) is 79.6 Å². The highest BCUT2D eigenvalue weighted by Crippen LogP contribution is 2.42. The van der Waals surface area contributed by atoms with Gasteiger partial charge in [0.2, 0.25) is 0 Å². The van der Waals surface area contributed by atoms with Crippen molar-refractivity contribution in [2.24, 2.45) is 5.41 Å². The summed E-state index contributed by atoms with van der Waals surface area (Å²) in [5.41, 5.74) is 13.8. The van der Waals surface area contributed by atoms with E-state index >= 15 is 0 Å². The lowest BCUT2D eigenvalue weighted by Gasteiger charge is -2.27. The zero-order valence-corrected chi connectivity index (χ0v) is 46.0. The second-order valence-corrected chi connectivity index (χ2v) is 24.0. The molecule has 6 heteroatoms. The van der Waals surface area contributed by atoms with Crippen LogP contribution in [0.1, 0.15) is 90.0 Å². The first-order valence-electron chi connectivity index (χ1n) is 31.0. The van der Waals surface area contributed by atoms with Gasteiger partial charge in [-0.3, -0.25) is 13.7 Å². The van der Waals surface area contributed by atoms with Crippen molar-refractivity contribution in [1.82, 2.24) is 18.7 Å². The van der Waals surface area contributed by atoms with Gasteiger partial charge in [0.25, 0.3) is 6.33 Å². The molecular weight excluding hydrogens is 963 g/mol. The van der Waals surface area contributed by atoms with Crippen molar-refractivity contribution < 1.29 is 20.3 Å². The van der Waals surface area contributed by atoms with E-state index in [1.54, 1.807) is 4.57 Å². The number of fused-ring (bicyclic) bond motifs is 7. The van der Waals surface area contributed by atoms with Crippen molar-refractivity contribution in [3.63, 3.8) is 0 Å². The van der Waals surface area contributed by atoms with Crippen LogP contribution in [0.2, 0.25) is 0 Å². The molecule has 6 nitrogen and oxygen atoms in total. The molecule has 4 aromatic heterocycles. The van der Waals surface area contributed by atoms with E-state index < -0.39 is 24.2 Å². The topological polar surface area (TPSA) is 40.8 Å². The van der Waals surface area contributed by atoms with Crippen LogP contribution in [0.25, 0.3) is 99.8 Å². The van der Waals surface area contributed by atoms with Gasteiger partial charge < -0.3 is 9.30 Å². The van der Waals surface area contributed by atoms with E-state index in [1.165, 1.54) is 11.1 Å². The molecule has 13 rings (SSSR count). The third-order valence-corrected chi connectivity index (χ3v) is 15.0. The number of rotatable bonds is 9.